The van der Waals surface area contributed by atoms with Gasteiger partial charge in [0, 0.05) is 0 Å². The number of rotatable bonds is 2. The van der Waals surface area contributed by atoms with Gasteiger partial charge < -0.3 is 10.5 Å². The van der Waals surface area contributed by atoms with Crippen LogP contribution in [0.5, 0.6) is 5.75 Å². The van der Waals surface area contributed by atoms with Crippen molar-refractivity contribution in [1.29, 1.82) is 0 Å². The smallest absolute Gasteiger partial charge is 0.159 e. The Morgan fingerprint density at radius 1 is 1.58 bits per heavy atom. The van der Waals surface area contributed by atoms with E-state index in [-0.39, 0.29) is 10.3 Å². The zero-order valence-electron chi connectivity index (χ0n) is 6.60. The van der Waals surface area contributed by atoms with E-state index in [0.29, 0.717) is 18.0 Å². The van der Waals surface area contributed by atoms with Crippen molar-refractivity contribution in [2.75, 3.05) is 12.3 Å². The second-order valence-electron chi connectivity index (χ2n) is 2.21. The second-order valence-corrected chi connectivity index (χ2v) is 3.01. The molecule has 1 aromatic rings. The van der Waals surface area contributed by atoms with Crippen LogP contribution in [0.4, 0.5) is 10.1 Å². The summed E-state index contributed by atoms with van der Waals surface area (Å²) in [5, 5.41) is 0. The molecule has 0 unspecified atom stereocenters. The zero-order chi connectivity index (χ0) is 9.14. The number of ether oxygens (including phenoxy) is 1. The summed E-state index contributed by atoms with van der Waals surface area (Å²) in [5.74, 6) is 0.00477. The number of halogens is 2. The number of anilines is 1. The molecule has 0 atom stereocenters. The fourth-order valence-corrected chi connectivity index (χ4v) is 1.31. The van der Waals surface area contributed by atoms with Crippen LogP contribution in [0.3, 0.4) is 0 Å². The normalized spacial score (nSPS) is 9.92. The average Bonchev–Trinajstić information content (AvgIpc) is 2.06. The van der Waals surface area contributed by atoms with Crippen molar-refractivity contribution >= 4 is 21.6 Å². The van der Waals surface area contributed by atoms with Crippen LogP contribution >= 0.6 is 15.9 Å². The molecule has 0 aliphatic rings. The number of nitrogen functional groups attached to an aromatic ring is 1. The number of hydrogen-bond donors (Lipinski definition) is 1. The maximum Gasteiger partial charge on any atom is 0.159 e. The first-order valence-electron chi connectivity index (χ1n) is 3.53. The molecule has 0 amide bonds. The molecule has 1 aromatic carbocycles. The molecular formula is C8H9BrFNO. The molecule has 0 radical (unpaired) electrons. The van der Waals surface area contributed by atoms with Crippen LogP contribution in [-0.4, -0.2) is 6.61 Å². The van der Waals surface area contributed by atoms with Gasteiger partial charge in [-0.05, 0) is 35.0 Å². The highest BCUT2D eigenvalue weighted by molar-refractivity contribution is 9.10. The molecule has 0 saturated heterocycles. The molecule has 0 spiro atoms. The van der Waals surface area contributed by atoms with E-state index in [9.17, 15) is 4.39 Å². The van der Waals surface area contributed by atoms with Crippen molar-refractivity contribution in [3.05, 3.63) is 22.4 Å². The van der Waals surface area contributed by atoms with E-state index < -0.39 is 0 Å². The third-order valence-electron chi connectivity index (χ3n) is 1.37. The Morgan fingerprint density at radius 3 is 2.83 bits per heavy atom. The molecule has 2 N–H and O–H groups in total. The average molecular weight is 234 g/mol. The van der Waals surface area contributed by atoms with Gasteiger partial charge in [-0.15, -0.1) is 0 Å². The summed E-state index contributed by atoms with van der Waals surface area (Å²) in [6.07, 6.45) is 0. The van der Waals surface area contributed by atoms with Gasteiger partial charge in [0.15, 0.2) is 5.75 Å². The van der Waals surface area contributed by atoms with Gasteiger partial charge in [-0.2, -0.15) is 0 Å². The van der Waals surface area contributed by atoms with Gasteiger partial charge in [-0.25, -0.2) is 4.39 Å². The Kier molecular flexibility index (Phi) is 2.92. The number of nitrogens with two attached hydrogens (primary N) is 1. The molecule has 2 nitrogen and oxygen atoms in total. The standard InChI is InChI=1S/C8H9BrFNO/c1-2-12-8-6(11)4-3-5(10)7(8)9/h3-4H,2,11H2,1H3. The highest BCUT2D eigenvalue weighted by Gasteiger charge is 2.09. The zero-order valence-corrected chi connectivity index (χ0v) is 8.19. The van der Waals surface area contributed by atoms with Crippen molar-refractivity contribution < 1.29 is 9.13 Å². The Hall–Kier alpha value is -0.770. The Labute approximate surface area is 78.6 Å². The summed E-state index contributed by atoms with van der Waals surface area (Å²) < 4.78 is 18.3. The topological polar surface area (TPSA) is 35.2 Å². The molecule has 0 aliphatic carbocycles. The largest absolute Gasteiger partial charge is 0.490 e. The fourth-order valence-electron chi connectivity index (χ4n) is 0.838. The maximum atomic E-state index is 12.9. The van der Waals surface area contributed by atoms with Gasteiger partial charge in [-0.1, -0.05) is 0 Å². The number of benzene rings is 1. The third-order valence-corrected chi connectivity index (χ3v) is 2.11. The third kappa shape index (κ3) is 1.69. The van der Waals surface area contributed by atoms with E-state index in [0.717, 1.165) is 0 Å². The van der Waals surface area contributed by atoms with Gasteiger partial charge in [0.2, 0.25) is 0 Å². The lowest BCUT2D eigenvalue weighted by Crippen LogP contribution is -1.98. The van der Waals surface area contributed by atoms with Crippen LogP contribution in [-0.2, 0) is 0 Å². The van der Waals surface area contributed by atoms with Crippen LogP contribution in [0.25, 0.3) is 0 Å². The predicted molar refractivity (Wildman–Crippen MR) is 49.7 cm³/mol. The van der Waals surface area contributed by atoms with Crippen LogP contribution in [0.1, 0.15) is 6.92 Å². The number of hydrogen-bond acceptors (Lipinski definition) is 2. The summed E-state index contributed by atoms with van der Waals surface area (Å²) in [6.45, 7) is 2.28. The van der Waals surface area contributed by atoms with Crippen LogP contribution < -0.4 is 10.5 Å². The first-order valence-corrected chi connectivity index (χ1v) is 4.32. The van der Waals surface area contributed by atoms with Gasteiger partial charge in [-0.3, -0.25) is 0 Å². The first-order chi connectivity index (χ1) is 5.66. The molecule has 0 saturated carbocycles. The van der Waals surface area contributed by atoms with Crippen molar-refractivity contribution in [1.82, 2.24) is 0 Å². The molecule has 0 aromatic heterocycles. The molecule has 66 valence electrons. The summed E-state index contributed by atoms with van der Waals surface area (Å²) in [4.78, 5) is 0. The van der Waals surface area contributed by atoms with Gasteiger partial charge in [0.05, 0.1) is 16.8 Å². The van der Waals surface area contributed by atoms with Gasteiger partial charge >= 0.3 is 0 Å². The Bertz CT molecular complexity index is 291. The molecule has 0 fully saturated rings. The fraction of sp³-hybridized carbons (Fsp3) is 0.250. The van der Waals surface area contributed by atoms with Gasteiger partial charge in [0.1, 0.15) is 5.82 Å². The van der Waals surface area contributed by atoms with E-state index in [2.05, 4.69) is 15.9 Å². The lowest BCUT2D eigenvalue weighted by molar-refractivity contribution is 0.337. The minimum absolute atomic E-state index is 0.282. The summed E-state index contributed by atoms with van der Waals surface area (Å²) in [6, 6.07) is 2.77. The quantitative estimate of drug-likeness (QED) is 0.798. The Balaban J connectivity index is 3.14. The predicted octanol–water partition coefficient (Wildman–Crippen LogP) is 2.57. The molecular weight excluding hydrogens is 225 g/mol. The van der Waals surface area contributed by atoms with E-state index in [1.807, 2.05) is 6.92 Å². The summed E-state index contributed by atoms with van der Waals surface area (Å²) >= 11 is 3.05. The second kappa shape index (κ2) is 3.76. The lowest BCUT2D eigenvalue weighted by Gasteiger charge is -2.08. The molecule has 0 heterocycles. The maximum absolute atomic E-state index is 12.9. The molecule has 1 rings (SSSR count). The van der Waals surface area contributed by atoms with Crippen molar-refractivity contribution in [3.8, 4) is 5.75 Å². The summed E-state index contributed by atoms with van der Waals surface area (Å²) in [5.41, 5.74) is 5.99. The minimum Gasteiger partial charge on any atom is -0.490 e. The Morgan fingerprint density at radius 2 is 2.25 bits per heavy atom. The molecule has 0 bridgehead atoms. The van der Waals surface area contributed by atoms with Crippen molar-refractivity contribution in [2.45, 2.75) is 6.92 Å². The summed E-state index contributed by atoms with van der Waals surface area (Å²) in [7, 11) is 0. The first kappa shape index (κ1) is 9.32. The molecule has 4 heteroatoms. The highest BCUT2D eigenvalue weighted by Crippen LogP contribution is 2.33. The van der Waals surface area contributed by atoms with Gasteiger partial charge in [0.25, 0.3) is 0 Å². The minimum atomic E-state index is -0.368. The monoisotopic (exact) mass is 233 g/mol. The molecule has 12 heavy (non-hydrogen) atoms. The lowest BCUT2D eigenvalue weighted by atomic mass is 10.3. The SMILES string of the molecule is CCOc1c(N)ccc(F)c1Br. The van der Waals surface area contributed by atoms with Crippen LogP contribution in [0.2, 0.25) is 0 Å². The van der Waals surface area contributed by atoms with Crippen molar-refractivity contribution in [3.63, 3.8) is 0 Å². The van der Waals surface area contributed by atoms with Crippen molar-refractivity contribution in [2.24, 2.45) is 0 Å². The molecule has 0 aliphatic heterocycles. The highest BCUT2D eigenvalue weighted by atomic mass is 79.9. The van der Waals surface area contributed by atoms with Crippen LogP contribution in [0, 0.1) is 5.82 Å². The van der Waals surface area contributed by atoms with E-state index in [1.54, 1.807) is 0 Å². The van der Waals surface area contributed by atoms with Crippen LogP contribution in [0.15, 0.2) is 16.6 Å². The van der Waals surface area contributed by atoms with E-state index >= 15 is 0 Å². The van der Waals surface area contributed by atoms with E-state index in [1.165, 1.54) is 12.1 Å². The van der Waals surface area contributed by atoms with E-state index in [4.69, 9.17) is 10.5 Å².